The molecule has 0 amide bonds. The first-order chi connectivity index (χ1) is 5.13. The molecule has 0 unspecified atom stereocenters. The van der Waals surface area contributed by atoms with Crippen molar-refractivity contribution in [2.75, 3.05) is 7.05 Å². The van der Waals surface area contributed by atoms with Crippen molar-refractivity contribution in [3.63, 3.8) is 0 Å². The zero-order valence-electron chi connectivity index (χ0n) is 6.66. The Balaban J connectivity index is 2.93. The highest BCUT2D eigenvalue weighted by molar-refractivity contribution is 5.87. The molecule has 1 rings (SSSR count). The lowest BCUT2D eigenvalue weighted by Crippen LogP contribution is -2.17. The standard InChI is InChI=1S/C8H11NO2/c1-6-7(8(10)11)4-3-5-9(6)2/h3,5H,4H2,1-2H3,(H,10,11). The van der Waals surface area contributed by atoms with Crippen LogP contribution >= 0.6 is 0 Å². The molecule has 0 aromatic rings. The number of carbonyl (C=O) groups is 1. The lowest BCUT2D eigenvalue weighted by Gasteiger charge is -2.20. The summed E-state index contributed by atoms with van der Waals surface area (Å²) in [6.07, 6.45) is 4.25. The molecule has 0 atom stereocenters. The minimum Gasteiger partial charge on any atom is -0.478 e. The Morgan fingerprint density at radius 1 is 1.73 bits per heavy atom. The van der Waals surface area contributed by atoms with Gasteiger partial charge in [-0.25, -0.2) is 4.79 Å². The monoisotopic (exact) mass is 153 g/mol. The van der Waals surface area contributed by atoms with E-state index in [4.69, 9.17) is 5.11 Å². The number of hydrogen-bond donors (Lipinski definition) is 1. The maximum atomic E-state index is 10.6. The van der Waals surface area contributed by atoms with Crippen LogP contribution in [0, 0.1) is 0 Å². The molecule has 0 radical (unpaired) electrons. The van der Waals surface area contributed by atoms with Crippen LogP contribution in [0.5, 0.6) is 0 Å². The van der Waals surface area contributed by atoms with Gasteiger partial charge >= 0.3 is 5.97 Å². The summed E-state index contributed by atoms with van der Waals surface area (Å²) < 4.78 is 0. The first-order valence-corrected chi connectivity index (χ1v) is 3.45. The van der Waals surface area contributed by atoms with E-state index < -0.39 is 5.97 Å². The Labute approximate surface area is 65.6 Å². The van der Waals surface area contributed by atoms with Crippen LogP contribution in [0.1, 0.15) is 13.3 Å². The fourth-order valence-corrected chi connectivity index (χ4v) is 1.04. The van der Waals surface area contributed by atoms with Gasteiger partial charge in [0.25, 0.3) is 0 Å². The number of hydrogen-bond acceptors (Lipinski definition) is 2. The lowest BCUT2D eigenvalue weighted by atomic mass is 10.1. The highest BCUT2D eigenvalue weighted by Gasteiger charge is 2.14. The van der Waals surface area contributed by atoms with Gasteiger partial charge in [-0.3, -0.25) is 0 Å². The van der Waals surface area contributed by atoms with Crippen molar-refractivity contribution in [3.05, 3.63) is 23.5 Å². The zero-order valence-corrected chi connectivity index (χ0v) is 6.66. The highest BCUT2D eigenvalue weighted by atomic mass is 16.4. The second-order valence-corrected chi connectivity index (χ2v) is 2.57. The SMILES string of the molecule is CC1=C(C(=O)O)CC=CN1C. The highest BCUT2D eigenvalue weighted by Crippen LogP contribution is 2.17. The predicted molar refractivity (Wildman–Crippen MR) is 41.9 cm³/mol. The maximum absolute atomic E-state index is 10.6. The summed E-state index contributed by atoms with van der Waals surface area (Å²) in [6.45, 7) is 1.81. The third-order valence-corrected chi connectivity index (χ3v) is 1.87. The minimum atomic E-state index is -0.821. The van der Waals surface area contributed by atoms with Crippen molar-refractivity contribution in [3.8, 4) is 0 Å². The van der Waals surface area contributed by atoms with E-state index in [1.807, 2.05) is 31.1 Å². The fourth-order valence-electron chi connectivity index (χ4n) is 1.04. The first-order valence-electron chi connectivity index (χ1n) is 3.45. The van der Waals surface area contributed by atoms with E-state index in [1.165, 1.54) is 0 Å². The molecule has 1 aliphatic heterocycles. The zero-order chi connectivity index (χ0) is 8.43. The van der Waals surface area contributed by atoms with E-state index in [0.717, 1.165) is 5.70 Å². The van der Waals surface area contributed by atoms with E-state index in [1.54, 1.807) is 0 Å². The minimum absolute atomic E-state index is 0.481. The molecule has 3 heteroatoms. The number of aliphatic carboxylic acids is 1. The smallest absolute Gasteiger partial charge is 0.333 e. The van der Waals surface area contributed by atoms with Crippen LogP contribution in [0.25, 0.3) is 0 Å². The van der Waals surface area contributed by atoms with Gasteiger partial charge in [0, 0.05) is 19.2 Å². The summed E-state index contributed by atoms with van der Waals surface area (Å²) in [4.78, 5) is 12.4. The van der Waals surface area contributed by atoms with Crippen molar-refractivity contribution < 1.29 is 9.90 Å². The van der Waals surface area contributed by atoms with Gasteiger partial charge in [0.2, 0.25) is 0 Å². The molecule has 0 saturated carbocycles. The van der Waals surface area contributed by atoms with Crippen molar-refractivity contribution >= 4 is 5.97 Å². The van der Waals surface area contributed by atoms with Crippen molar-refractivity contribution in [1.82, 2.24) is 4.90 Å². The molecule has 0 aromatic heterocycles. The maximum Gasteiger partial charge on any atom is 0.333 e. The molecule has 1 heterocycles. The number of nitrogens with zero attached hydrogens (tertiary/aromatic N) is 1. The molecular weight excluding hydrogens is 142 g/mol. The summed E-state index contributed by atoms with van der Waals surface area (Å²) in [7, 11) is 1.84. The molecule has 0 aliphatic carbocycles. The molecule has 1 aliphatic rings. The Bertz CT molecular complexity index is 240. The van der Waals surface area contributed by atoms with E-state index >= 15 is 0 Å². The van der Waals surface area contributed by atoms with Gasteiger partial charge in [0.05, 0.1) is 5.57 Å². The molecule has 11 heavy (non-hydrogen) atoms. The van der Waals surface area contributed by atoms with Crippen LogP contribution in [-0.2, 0) is 4.79 Å². The van der Waals surface area contributed by atoms with E-state index in [0.29, 0.717) is 12.0 Å². The first kappa shape index (κ1) is 7.85. The van der Waals surface area contributed by atoms with Crippen LogP contribution in [0.2, 0.25) is 0 Å². The number of allylic oxidation sites excluding steroid dienone is 2. The quantitative estimate of drug-likeness (QED) is 0.615. The van der Waals surface area contributed by atoms with Gasteiger partial charge in [0.15, 0.2) is 0 Å². The van der Waals surface area contributed by atoms with Gasteiger partial charge in [-0.05, 0) is 13.1 Å². The fraction of sp³-hybridized carbons (Fsp3) is 0.375. The number of carboxylic acids is 1. The second-order valence-electron chi connectivity index (χ2n) is 2.57. The Morgan fingerprint density at radius 2 is 2.36 bits per heavy atom. The Morgan fingerprint density at radius 3 is 2.82 bits per heavy atom. The van der Waals surface area contributed by atoms with E-state index in [-0.39, 0.29) is 0 Å². The van der Waals surface area contributed by atoms with Crippen LogP contribution in [0.4, 0.5) is 0 Å². The number of rotatable bonds is 1. The van der Waals surface area contributed by atoms with Crippen LogP contribution in [0.3, 0.4) is 0 Å². The summed E-state index contributed by atoms with van der Waals surface area (Å²) in [6, 6.07) is 0. The molecule has 0 fully saturated rings. The topological polar surface area (TPSA) is 40.5 Å². The van der Waals surface area contributed by atoms with Crippen molar-refractivity contribution in [2.45, 2.75) is 13.3 Å². The molecule has 1 N–H and O–H groups in total. The van der Waals surface area contributed by atoms with Gasteiger partial charge in [-0.15, -0.1) is 0 Å². The van der Waals surface area contributed by atoms with Gasteiger partial charge < -0.3 is 10.0 Å². The summed E-state index contributed by atoms with van der Waals surface area (Å²) in [5.74, 6) is -0.821. The molecule has 0 saturated heterocycles. The summed E-state index contributed by atoms with van der Waals surface area (Å²) in [5.41, 5.74) is 1.30. The van der Waals surface area contributed by atoms with Crippen LogP contribution in [-0.4, -0.2) is 23.0 Å². The average molecular weight is 153 g/mol. The molecule has 0 spiro atoms. The summed E-state index contributed by atoms with van der Waals surface area (Å²) >= 11 is 0. The summed E-state index contributed by atoms with van der Waals surface area (Å²) in [5, 5.41) is 8.71. The van der Waals surface area contributed by atoms with Crippen molar-refractivity contribution in [1.29, 1.82) is 0 Å². The molecule has 60 valence electrons. The normalized spacial score (nSPS) is 17.5. The third-order valence-electron chi connectivity index (χ3n) is 1.87. The molecular formula is C8H11NO2. The largest absolute Gasteiger partial charge is 0.478 e. The predicted octanol–water partition coefficient (Wildman–Crippen LogP) is 1.19. The lowest BCUT2D eigenvalue weighted by molar-refractivity contribution is -0.132. The van der Waals surface area contributed by atoms with Crippen LogP contribution in [0.15, 0.2) is 23.5 Å². The van der Waals surface area contributed by atoms with Crippen molar-refractivity contribution in [2.24, 2.45) is 0 Å². The van der Waals surface area contributed by atoms with Gasteiger partial charge in [0.1, 0.15) is 0 Å². The Hall–Kier alpha value is -1.25. The molecule has 0 bridgehead atoms. The molecule has 0 aromatic carbocycles. The van der Waals surface area contributed by atoms with Crippen LogP contribution < -0.4 is 0 Å². The van der Waals surface area contributed by atoms with E-state index in [2.05, 4.69) is 0 Å². The Kier molecular flexibility index (Phi) is 1.98. The van der Waals surface area contributed by atoms with Gasteiger partial charge in [-0.2, -0.15) is 0 Å². The third kappa shape index (κ3) is 1.42. The van der Waals surface area contributed by atoms with Gasteiger partial charge in [-0.1, -0.05) is 6.08 Å². The average Bonchev–Trinajstić information content (AvgIpc) is 1.94. The number of carboxylic acid groups (broad SMARTS) is 1. The second kappa shape index (κ2) is 2.78. The molecule has 3 nitrogen and oxygen atoms in total. The van der Waals surface area contributed by atoms with E-state index in [9.17, 15) is 4.79 Å².